The minimum absolute atomic E-state index is 0.0716. The summed E-state index contributed by atoms with van der Waals surface area (Å²) in [5.74, 6) is 0.760. The summed E-state index contributed by atoms with van der Waals surface area (Å²) in [5.41, 5.74) is 3.60. The average Bonchev–Trinajstić information content (AvgIpc) is 3.56. The van der Waals surface area contributed by atoms with Crippen LogP contribution in [0, 0.1) is 6.92 Å². The van der Waals surface area contributed by atoms with Crippen LogP contribution in [0.3, 0.4) is 0 Å². The van der Waals surface area contributed by atoms with Crippen LogP contribution in [0.25, 0.3) is 11.0 Å². The van der Waals surface area contributed by atoms with Crippen molar-refractivity contribution in [3.8, 4) is 11.5 Å². The number of benzene rings is 3. The molecule has 0 saturated carbocycles. The predicted molar refractivity (Wildman–Crippen MR) is 147 cm³/mol. The van der Waals surface area contributed by atoms with Gasteiger partial charge in [-0.2, -0.15) is 0 Å². The molecule has 9 nitrogen and oxygen atoms in total. The quantitative estimate of drug-likeness (QED) is 0.343. The van der Waals surface area contributed by atoms with Crippen molar-refractivity contribution in [3.63, 3.8) is 0 Å². The Bertz CT molecular complexity index is 1500. The Hall–Kier alpha value is -4.40. The number of rotatable bonds is 9. The summed E-state index contributed by atoms with van der Waals surface area (Å²) >= 11 is 0. The Balaban J connectivity index is 1.55. The van der Waals surface area contributed by atoms with Crippen molar-refractivity contribution in [1.82, 2.24) is 25.2 Å². The van der Waals surface area contributed by atoms with Crippen molar-refractivity contribution in [2.75, 3.05) is 6.79 Å². The van der Waals surface area contributed by atoms with Gasteiger partial charge in [0.05, 0.1) is 5.52 Å². The number of fused-ring (bicyclic) bond motifs is 2. The first-order valence-corrected chi connectivity index (χ1v) is 13.1. The lowest BCUT2D eigenvalue weighted by atomic mass is 9.97. The lowest BCUT2D eigenvalue weighted by molar-refractivity contribution is -0.143. The molecule has 1 atom stereocenters. The molecule has 1 aromatic heterocycles. The number of nitrogens with zero attached hydrogens (tertiary/aromatic N) is 4. The van der Waals surface area contributed by atoms with E-state index in [-0.39, 0.29) is 31.7 Å². The Labute approximate surface area is 227 Å². The van der Waals surface area contributed by atoms with Crippen LogP contribution in [-0.2, 0) is 22.7 Å². The Morgan fingerprint density at radius 3 is 2.56 bits per heavy atom. The molecule has 0 spiro atoms. The van der Waals surface area contributed by atoms with E-state index in [2.05, 4.69) is 15.6 Å². The highest BCUT2D eigenvalue weighted by Crippen LogP contribution is 2.34. The summed E-state index contributed by atoms with van der Waals surface area (Å²) in [6, 6.07) is 19.9. The van der Waals surface area contributed by atoms with E-state index < -0.39 is 11.6 Å². The molecule has 3 aromatic carbocycles. The van der Waals surface area contributed by atoms with Crippen molar-refractivity contribution in [1.29, 1.82) is 0 Å². The summed E-state index contributed by atoms with van der Waals surface area (Å²) < 4.78 is 12.6. The number of para-hydroxylation sites is 1. The minimum atomic E-state index is -0.871. The van der Waals surface area contributed by atoms with Gasteiger partial charge in [0, 0.05) is 12.1 Å². The Morgan fingerprint density at radius 1 is 1.05 bits per heavy atom. The van der Waals surface area contributed by atoms with Gasteiger partial charge in [0.15, 0.2) is 11.5 Å². The third kappa shape index (κ3) is 5.72. The van der Waals surface area contributed by atoms with Gasteiger partial charge in [0.25, 0.3) is 0 Å². The fourth-order valence-corrected chi connectivity index (χ4v) is 4.52. The molecule has 39 heavy (non-hydrogen) atoms. The standard InChI is InChI=1S/C30H33N5O4/c1-5-30(3,4)31-29(37)28(22-13-10-20(2)11-14-22)34(17-21-12-15-25-26(16-21)39-19-38-25)27(36)18-35-24-9-7-6-8-23(24)32-33-35/h6-16,28H,5,17-19H2,1-4H3,(H,31,37)/t28-/m0/s1. The molecule has 4 aromatic rings. The molecule has 9 heteroatoms. The van der Waals surface area contributed by atoms with Gasteiger partial charge in [-0.25, -0.2) is 4.68 Å². The molecule has 5 rings (SSSR count). The molecule has 0 unspecified atom stereocenters. The second-order valence-electron chi connectivity index (χ2n) is 10.5. The maximum atomic E-state index is 14.1. The lowest BCUT2D eigenvalue weighted by Crippen LogP contribution is -2.50. The smallest absolute Gasteiger partial charge is 0.247 e. The highest BCUT2D eigenvalue weighted by Gasteiger charge is 2.34. The normalized spacial score (nSPS) is 13.3. The molecule has 0 aliphatic carbocycles. The zero-order valence-electron chi connectivity index (χ0n) is 22.7. The van der Waals surface area contributed by atoms with Crippen LogP contribution in [0.5, 0.6) is 11.5 Å². The summed E-state index contributed by atoms with van der Waals surface area (Å²) in [7, 11) is 0. The number of aryl methyl sites for hydroxylation is 1. The van der Waals surface area contributed by atoms with Gasteiger partial charge in [0.1, 0.15) is 18.1 Å². The molecule has 202 valence electrons. The van der Waals surface area contributed by atoms with Crippen molar-refractivity contribution in [2.24, 2.45) is 0 Å². The number of carbonyl (C=O) groups excluding carboxylic acids is 2. The fourth-order valence-electron chi connectivity index (χ4n) is 4.52. The zero-order chi connectivity index (χ0) is 27.6. The third-order valence-electron chi connectivity index (χ3n) is 7.11. The molecule has 2 amide bonds. The van der Waals surface area contributed by atoms with E-state index in [0.717, 1.165) is 28.6 Å². The van der Waals surface area contributed by atoms with Gasteiger partial charge in [-0.1, -0.05) is 60.2 Å². The van der Waals surface area contributed by atoms with E-state index >= 15 is 0 Å². The number of aromatic nitrogens is 3. The molecule has 0 saturated heterocycles. The Morgan fingerprint density at radius 2 is 1.79 bits per heavy atom. The lowest BCUT2D eigenvalue weighted by Gasteiger charge is -2.34. The molecule has 1 aliphatic heterocycles. The molecule has 0 fully saturated rings. The minimum Gasteiger partial charge on any atom is -0.454 e. The molecule has 1 N–H and O–H groups in total. The summed E-state index contributed by atoms with van der Waals surface area (Å²) in [6.07, 6.45) is 0.737. The third-order valence-corrected chi connectivity index (χ3v) is 7.11. The second kappa shape index (κ2) is 10.8. The van der Waals surface area contributed by atoms with Crippen LogP contribution < -0.4 is 14.8 Å². The molecule has 0 radical (unpaired) electrons. The maximum absolute atomic E-state index is 14.1. The summed E-state index contributed by atoms with van der Waals surface area (Å²) in [6.45, 7) is 8.22. The number of hydrogen-bond acceptors (Lipinski definition) is 6. The largest absolute Gasteiger partial charge is 0.454 e. The molecule has 2 heterocycles. The fraction of sp³-hybridized carbons (Fsp3) is 0.333. The van der Waals surface area contributed by atoms with Crippen molar-refractivity contribution in [3.05, 3.63) is 83.4 Å². The molecule has 1 aliphatic rings. The molecule has 0 bridgehead atoms. The highest BCUT2D eigenvalue weighted by molar-refractivity contribution is 5.89. The van der Waals surface area contributed by atoms with Gasteiger partial charge in [0.2, 0.25) is 18.6 Å². The van der Waals surface area contributed by atoms with Crippen LogP contribution in [0.15, 0.2) is 66.7 Å². The number of amides is 2. The van der Waals surface area contributed by atoms with E-state index in [1.165, 1.54) is 0 Å². The number of carbonyl (C=O) groups is 2. The summed E-state index contributed by atoms with van der Waals surface area (Å²) in [4.78, 5) is 29.7. The predicted octanol–water partition coefficient (Wildman–Crippen LogP) is 4.54. The molecular weight excluding hydrogens is 494 g/mol. The maximum Gasteiger partial charge on any atom is 0.247 e. The topological polar surface area (TPSA) is 98.6 Å². The first-order chi connectivity index (χ1) is 18.7. The van der Waals surface area contributed by atoms with Gasteiger partial charge < -0.3 is 19.7 Å². The van der Waals surface area contributed by atoms with E-state index in [4.69, 9.17) is 9.47 Å². The number of hydrogen-bond donors (Lipinski definition) is 1. The second-order valence-corrected chi connectivity index (χ2v) is 10.5. The Kier molecular flexibility index (Phi) is 7.24. The number of nitrogens with one attached hydrogen (secondary N) is 1. The van der Waals surface area contributed by atoms with Crippen LogP contribution in [0.1, 0.15) is 49.9 Å². The average molecular weight is 528 g/mol. The van der Waals surface area contributed by atoms with Crippen molar-refractivity contribution < 1.29 is 19.1 Å². The van der Waals surface area contributed by atoms with Crippen LogP contribution in [-0.4, -0.2) is 44.0 Å². The summed E-state index contributed by atoms with van der Waals surface area (Å²) in [5, 5.41) is 11.6. The van der Waals surface area contributed by atoms with Crippen molar-refractivity contribution in [2.45, 2.75) is 58.8 Å². The van der Waals surface area contributed by atoms with E-state index in [0.29, 0.717) is 17.0 Å². The van der Waals surface area contributed by atoms with Crippen LogP contribution >= 0.6 is 0 Å². The molecular formula is C30H33N5O4. The van der Waals surface area contributed by atoms with Gasteiger partial charge in [-0.3, -0.25) is 9.59 Å². The van der Waals surface area contributed by atoms with Gasteiger partial charge in [-0.15, -0.1) is 5.10 Å². The number of ether oxygens (including phenoxy) is 2. The van der Waals surface area contributed by atoms with Crippen LogP contribution in [0.2, 0.25) is 0 Å². The SMILES string of the molecule is CCC(C)(C)NC(=O)[C@H](c1ccc(C)cc1)N(Cc1ccc2c(c1)OCO2)C(=O)Cn1nnc2ccccc21. The highest BCUT2D eigenvalue weighted by atomic mass is 16.7. The first kappa shape index (κ1) is 26.2. The van der Waals surface area contributed by atoms with Crippen molar-refractivity contribution >= 4 is 22.8 Å². The van der Waals surface area contributed by atoms with Gasteiger partial charge in [-0.05, 0) is 62.6 Å². The zero-order valence-corrected chi connectivity index (χ0v) is 22.7. The van der Waals surface area contributed by atoms with E-state index in [9.17, 15) is 9.59 Å². The van der Waals surface area contributed by atoms with E-state index in [1.807, 2.05) is 94.4 Å². The van der Waals surface area contributed by atoms with E-state index in [1.54, 1.807) is 9.58 Å². The monoisotopic (exact) mass is 527 g/mol. The first-order valence-electron chi connectivity index (χ1n) is 13.1. The van der Waals surface area contributed by atoms with Crippen LogP contribution in [0.4, 0.5) is 0 Å². The van der Waals surface area contributed by atoms with Gasteiger partial charge >= 0.3 is 0 Å².